The van der Waals surface area contributed by atoms with Crippen LogP contribution in [0.2, 0.25) is 0 Å². The normalized spacial score (nSPS) is 25.6. The molecule has 1 aliphatic heterocycles. The van der Waals surface area contributed by atoms with Crippen molar-refractivity contribution in [1.82, 2.24) is 0 Å². The molecule has 0 spiro atoms. The van der Waals surface area contributed by atoms with Crippen LogP contribution < -0.4 is 10.2 Å². The van der Waals surface area contributed by atoms with Crippen LogP contribution in [0.15, 0.2) is 66.7 Å². The van der Waals surface area contributed by atoms with Crippen LogP contribution in [0, 0.1) is 23.7 Å². The van der Waals surface area contributed by atoms with Crippen LogP contribution in [0.5, 0.6) is 0 Å². The molecule has 5 rings (SSSR count). The van der Waals surface area contributed by atoms with Crippen molar-refractivity contribution in [3.63, 3.8) is 0 Å². The molecule has 2 aromatic rings. The minimum absolute atomic E-state index is 0.146. The molecule has 0 aromatic heterocycles. The van der Waals surface area contributed by atoms with Crippen LogP contribution in [-0.2, 0) is 19.1 Å². The smallest absolute Gasteiger partial charge is 0.338 e. The van der Waals surface area contributed by atoms with Gasteiger partial charge in [-0.15, -0.1) is 0 Å². The molecular weight excluding hydrogens is 396 g/mol. The third-order valence-electron chi connectivity index (χ3n) is 6.22. The Bertz CT molecular complexity index is 1060. The second kappa shape index (κ2) is 7.50. The molecule has 0 unspecified atom stereocenters. The van der Waals surface area contributed by atoms with Gasteiger partial charge in [0.2, 0.25) is 11.8 Å². The van der Waals surface area contributed by atoms with Crippen LogP contribution >= 0.6 is 0 Å². The van der Waals surface area contributed by atoms with Gasteiger partial charge in [-0.3, -0.25) is 19.3 Å². The summed E-state index contributed by atoms with van der Waals surface area (Å²) in [5.41, 5.74) is 1.29. The quantitative estimate of drug-likeness (QED) is 0.460. The van der Waals surface area contributed by atoms with E-state index in [1.165, 1.54) is 17.0 Å². The van der Waals surface area contributed by atoms with E-state index in [1.807, 2.05) is 18.2 Å². The van der Waals surface area contributed by atoms with Gasteiger partial charge < -0.3 is 10.1 Å². The lowest BCUT2D eigenvalue weighted by Gasteiger charge is -2.17. The van der Waals surface area contributed by atoms with Crippen LogP contribution in [0.25, 0.3) is 0 Å². The number of imide groups is 1. The van der Waals surface area contributed by atoms with E-state index in [0.29, 0.717) is 11.4 Å². The summed E-state index contributed by atoms with van der Waals surface area (Å²) in [5, 5.41) is 2.63. The molecule has 2 aliphatic carbocycles. The van der Waals surface area contributed by atoms with Crippen molar-refractivity contribution in [3.05, 3.63) is 72.3 Å². The zero-order chi connectivity index (χ0) is 21.5. The van der Waals surface area contributed by atoms with Crippen LogP contribution in [0.4, 0.5) is 11.4 Å². The maximum atomic E-state index is 12.9. The predicted molar refractivity (Wildman–Crippen MR) is 112 cm³/mol. The summed E-state index contributed by atoms with van der Waals surface area (Å²) in [5.74, 6) is -1.68. The second-order valence-electron chi connectivity index (χ2n) is 8.05. The summed E-state index contributed by atoms with van der Waals surface area (Å²) >= 11 is 0. The van der Waals surface area contributed by atoms with Gasteiger partial charge in [-0.05, 0) is 54.7 Å². The highest BCUT2D eigenvalue weighted by molar-refractivity contribution is 6.22. The molecule has 1 N–H and O–H groups in total. The standard InChI is InChI=1S/C24H20N2O5/c27-19(25-17-4-2-1-3-5-17)13-31-24(30)14-8-10-18(11-9-14)26-22(28)20-15-6-7-16(12-15)21(20)23(26)29/h1-11,15-16,20-21H,12-13H2,(H,25,27)/t15-,16-,20+,21+/m0/s1. The number of amides is 3. The van der Waals surface area contributed by atoms with Gasteiger partial charge in [0.05, 0.1) is 23.1 Å². The maximum absolute atomic E-state index is 12.9. The lowest BCUT2D eigenvalue weighted by Crippen LogP contribution is -2.32. The Balaban J connectivity index is 1.21. The van der Waals surface area contributed by atoms with E-state index in [9.17, 15) is 19.2 Å². The number of allylic oxidation sites excluding steroid dienone is 2. The molecule has 7 heteroatoms. The minimum Gasteiger partial charge on any atom is -0.452 e. The fourth-order valence-corrected chi connectivity index (χ4v) is 4.84. The molecule has 1 saturated carbocycles. The molecule has 31 heavy (non-hydrogen) atoms. The number of anilines is 2. The van der Waals surface area contributed by atoms with Crippen molar-refractivity contribution >= 4 is 35.1 Å². The van der Waals surface area contributed by atoms with Gasteiger partial charge in [-0.2, -0.15) is 0 Å². The number of carbonyl (C=O) groups is 4. The van der Waals surface area contributed by atoms with E-state index in [4.69, 9.17) is 4.74 Å². The van der Waals surface area contributed by atoms with Crippen molar-refractivity contribution in [3.8, 4) is 0 Å². The summed E-state index contributed by atoms with van der Waals surface area (Å²) < 4.78 is 5.06. The first-order valence-electron chi connectivity index (χ1n) is 10.2. The van der Waals surface area contributed by atoms with Crippen LogP contribution in [0.3, 0.4) is 0 Å². The summed E-state index contributed by atoms with van der Waals surface area (Å²) in [7, 11) is 0. The summed E-state index contributed by atoms with van der Waals surface area (Å²) in [6.45, 7) is -0.419. The monoisotopic (exact) mass is 416 g/mol. The van der Waals surface area contributed by atoms with E-state index in [0.717, 1.165) is 6.42 Å². The number of rotatable bonds is 5. The number of benzene rings is 2. The van der Waals surface area contributed by atoms with Gasteiger partial charge in [-0.1, -0.05) is 30.4 Å². The van der Waals surface area contributed by atoms with E-state index >= 15 is 0 Å². The first-order valence-corrected chi connectivity index (χ1v) is 10.2. The highest BCUT2D eigenvalue weighted by Crippen LogP contribution is 2.53. The van der Waals surface area contributed by atoms with E-state index in [-0.39, 0.29) is 41.0 Å². The number of hydrogen-bond donors (Lipinski definition) is 1. The fourth-order valence-electron chi connectivity index (χ4n) is 4.84. The molecule has 3 aliphatic rings. The maximum Gasteiger partial charge on any atom is 0.338 e. The summed E-state index contributed by atoms with van der Waals surface area (Å²) in [4.78, 5) is 51.2. The zero-order valence-corrected chi connectivity index (χ0v) is 16.6. The SMILES string of the molecule is O=C(COC(=O)c1ccc(N2C(=O)[C@H]3[C@H](C2=O)[C@H]2C=C[C@H]3C2)cc1)Nc1ccccc1. The Morgan fingerprint density at radius 2 is 1.52 bits per heavy atom. The van der Waals surface area contributed by atoms with Gasteiger partial charge in [0, 0.05) is 5.69 Å². The van der Waals surface area contributed by atoms with Gasteiger partial charge in [0.1, 0.15) is 0 Å². The largest absolute Gasteiger partial charge is 0.452 e. The molecular formula is C24H20N2O5. The fraction of sp³-hybridized carbons (Fsp3) is 0.250. The molecule has 1 saturated heterocycles. The van der Waals surface area contributed by atoms with Gasteiger partial charge in [-0.25, -0.2) is 4.79 Å². The topological polar surface area (TPSA) is 92.8 Å². The van der Waals surface area contributed by atoms with Crippen LogP contribution in [-0.4, -0.2) is 30.3 Å². The summed E-state index contributed by atoms with van der Waals surface area (Å²) in [6.07, 6.45) is 4.98. The summed E-state index contributed by atoms with van der Waals surface area (Å²) in [6, 6.07) is 15.0. The third kappa shape index (κ3) is 3.32. The van der Waals surface area contributed by atoms with Crippen molar-refractivity contribution in [2.45, 2.75) is 6.42 Å². The minimum atomic E-state index is -0.659. The van der Waals surface area contributed by atoms with Gasteiger partial charge >= 0.3 is 5.97 Å². The Hall–Kier alpha value is -3.74. The molecule has 0 radical (unpaired) electrons. The number of nitrogens with one attached hydrogen (secondary N) is 1. The van der Waals surface area contributed by atoms with Crippen molar-refractivity contribution in [2.24, 2.45) is 23.7 Å². The highest BCUT2D eigenvalue weighted by atomic mass is 16.5. The number of esters is 1. The Morgan fingerprint density at radius 3 is 2.13 bits per heavy atom. The highest BCUT2D eigenvalue weighted by Gasteiger charge is 2.59. The van der Waals surface area contributed by atoms with E-state index in [2.05, 4.69) is 5.32 Å². The van der Waals surface area contributed by atoms with Gasteiger partial charge in [0.15, 0.2) is 6.61 Å². The molecule has 2 aromatic carbocycles. The van der Waals surface area contributed by atoms with E-state index in [1.54, 1.807) is 36.4 Å². The first-order chi connectivity index (χ1) is 15.0. The van der Waals surface area contributed by atoms with Gasteiger partial charge in [0.25, 0.3) is 5.91 Å². The Labute approximate surface area is 178 Å². The Morgan fingerprint density at radius 1 is 0.903 bits per heavy atom. The number of ether oxygens (including phenoxy) is 1. The third-order valence-corrected chi connectivity index (χ3v) is 6.22. The average Bonchev–Trinajstić information content (AvgIpc) is 3.47. The molecule has 4 atom stereocenters. The molecule has 156 valence electrons. The average molecular weight is 416 g/mol. The first kappa shape index (κ1) is 19.2. The van der Waals surface area contributed by atoms with Crippen molar-refractivity contribution < 1.29 is 23.9 Å². The van der Waals surface area contributed by atoms with Crippen LogP contribution in [0.1, 0.15) is 16.8 Å². The predicted octanol–water partition coefficient (Wildman–Crippen LogP) is 2.79. The number of hydrogen-bond acceptors (Lipinski definition) is 5. The molecule has 2 bridgehead atoms. The van der Waals surface area contributed by atoms with E-state index < -0.39 is 18.5 Å². The van der Waals surface area contributed by atoms with Crippen molar-refractivity contribution in [2.75, 3.05) is 16.8 Å². The lowest BCUT2D eigenvalue weighted by molar-refractivity contribution is -0.123. The Kier molecular flexibility index (Phi) is 4.66. The number of carbonyl (C=O) groups excluding carboxylic acids is 4. The number of para-hydroxylation sites is 1. The van der Waals surface area contributed by atoms with Crippen molar-refractivity contribution in [1.29, 1.82) is 0 Å². The zero-order valence-electron chi connectivity index (χ0n) is 16.6. The number of nitrogens with zero attached hydrogens (tertiary/aromatic N) is 1. The molecule has 3 amide bonds. The molecule has 7 nitrogen and oxygen atoms in total. The molecule has 1 heterocycles. The number of fused-ring (bicyclic) bond motifs is 5. The molecule has 2 fully saturated rings. The lowest BCUT2D eigenvalue weighted by atomic mass is 9.85. The second-order valence-corrected chi connectivity index (χ2v) is 8.05.